The van der Waals surface area contributed by atoms with E-state index in [-0.39, 0.29) is 18.4 Å². The monoisotopic (exact) mass is 368 g/mol. The molecular weight excluding hydrogens is 340 g/mol. The SMILES string of the molecule is CCCCNC(=O)[C@@H](C)N(Cc1ccccc1)C(=O)COc1ccccc1. The number of rotatable bonds is 10. The fourth-order valence-electron chi connectivity index (χ4n) is 2.64. The molecule has 5 nitrogen and oxygen atoms in total. The molecule has 0 unspecified atom stereocenters. The highest BCUT2D eigenvalue weighted by Gasteiger charge is 2.26. The maximum absolute atomic E-state index is 12.8. The number of para-hydroxylation sites is 1. The Morgan fingerprint density at radius 3 is 2.30 bits per heavy atom. The maximum atomic E-state index is 12.8. The van der Waals surface area contributed by atoms with Crippen LogP contribution in [0.3, 0.4) is 0 Å². The van der Waals surface area contributed by atoms with Crippen molar-refractivity contribution >= 4 is 11.8 Å². The largest absolute Gasteiger partial charge is 0.484 e. The predicted octanol–water partition coefficient (Wildman–Crippen LogP) is 3.40. The molecule has 1 N–H and O–H groups in total. The number of ether oxygens (including phenoxy) is 1. The summed E-state index contributed by atoms with van der Waals surface area (Å²) in [5.41, 5.74) is 0.971. The molecule has 0 saturated carbocycles. The molecule has 0 aromatic heterocycles. The second-order valence-corrected chi connectivity index (χ2v) is 6.43. The van der Waals surface area contributed by atoms with Crippen molar-refractivity contribution in [3.05, 3.63) is 66.2 Å². The van der Waals surface area contributed by atoms with Gasteiger partial charge in [-0.1, -0.05) is 61.9 Å². The van der Waals surface area contributed by atoms with Crippen LogP contribution in [-0.4, -0.2) is 35.9 Å². The van der Waals surface area contributed by atoms with Gasteiger partial charge in [-0.15, -0.1) is 0 Å². The quantitative estimate of drug-likeness (QED) is 0.654. The summed E-state index contributed by atoms with van der Waals surface area (Å²) in [7, 11) is 0. The molecule has 0 fully saturated rings. The molecule has 27 heavy (non-hydrogen) atoms. The van der Waals surface area contributed by atoms with Gasteiger partial charge >= 0.3 is 0 Å². The van der Waals surface area contributed by atoms with E-state index in [4.69, 9.17) is 4.74 Å². The number of nitrogens with one attached hydrogen (secondary N) is 1. The number of hydrogen-bond acceptors (Lipinski definition) is 3. The highest BCUT2D eigenvalue weighted by atomic mass is 16.5. The van der Waals surface area contributed by atoms with Crippen LogP contribution in [0.4, 0.5) is 0 Å². The molecule has 0 saturated heterocycles. The Balaban J connectivity index is 2.05. The van der Waals surface area contributed by atoms with Crippen molar-refractivity contribution in [2.24, 2.45) is 0 Å². The summed E-state index contributed by atoms with van der Waals surface area (Å²) in [6, 6.07) is 18.3. The van der Waals surface area contributed by atoms with Crippen LogP contribution in [0, 0.1) is 0 Å². The Morgan fingerprint density at radius 1 is 1.04 bits per heavy atom. The van der Waals surface area contributed by atoms with Gasteiger partial charge in [-0.2, -0.15) is 0 Å². The summed E-state index contributed by atoms with van der Waals surface area (Å²) < 4.78 is 5.59. The van der Waals surface area contributed by atoms with Gasteiger partial charge in [0.25, 0.3) is 5.91 Å². The summed E-state index contributed by atoms with van der Waals surface area (Å²) in [5, 5.41) is 2.90. The molecule has 2 aromatic carbocycles. The lowest BCUT2D eigenvalue weighted by Crippen LogP contribution is -2.49. The summed E-state index contributed by atoms with van der Waals surface area (Å²) >= 11 is 0. The lowest BCUT2D eigenvalue weighted by molar-refractivity contribution is -0.142. The maximum Gasteiger partial charge on any atom is 0.261 e. The Bertz CT molecular complexity index is 704. The Kier molecular flexibility index (Phi) is 8.36. The van der Waals surface area contributed by atoms with Gasteiger partial charge in [0.05, 0.1) is 0 Å². The van der Waals surface area contributed by atoms with E-state index in [9.17, 15) is 9.59 Å². The van der Waals surface area contributed by atoms with Crippen LogP contribution in [0.15, 0.2) is 60.7 Å². The van der Waals surface area contributed by atoms with Crippen molar-refractivity contribution in [2.45, 2.75) is 39.3 Å². The summed E-state index contributed by atoms with van der Waals surface area (Å²) in [4.78, 5) is 26.9. The lowest BCUT2D eigenvalue weighted by Gasteiger charge is -2.28. The summed E-state index contributed by atoms with van der Waals surface area (Å²) in [5.74, 6) is 0.263. The topological polar surface area (TPSA) is 58.6 Å². The Morgan fingerprint density at radius 2 is 1.67 bits per heavy atom. The minimum absolute atomic E-state index is 0.108. The number of carbonyl (C=O) groups excluding carboxylic acids is 2. The molecule has 1 atom stereocenters. The Labute approximate surface area is 161 Å². The van der Waals surface area contributed by atoms with Crippen LogP contribution in [0.5, 0.6) is 5.75 Å². The lowest BCUT2D eigenvalue weighted by atomic mass is 10.1. The fourth-order valence-corrected chi connectivity index (χ4v) is 2.64. The number of hydrogen-bond donors (Lipinski definition) is 1. The third kappa shape index (κ3) is 6.77. The molecule has 144 valence electrons. The minimum atomic E-state index is -0.575. The average molecular weight is 368 g/mol. The first-order valence-electron chi connectivity index (χ1n) is 9.40. The molecule has 2 amide bonds. The van der Waals surface area contributed by atoms with Crippen LogP contribution < -0.4 is 10.1 Å². The molecule has 0 aliphatic heterocycles. The molecule has 0 heterocycles. The highest BCUT2D eigenvalue weighted by Crippen LogP contribution is 2.12. The zero-order valence-corrected chi connectivity index (χ0v) is 16.1. The zero-order valence-electron chi connectivity index (χ0n) is 16.1. The second kappa shape index (κ2) is 11.0. The van der Waals surface area contributed by atoms with Crippen LogP contribution in [-0.2, 0) is 16.1 Å². The van der Waals surface area contributed by atoms with Gasteiger partial charge < -0.3 is 15.0 Å². The third-order valence-corrected chi connectivity index (χ3v) is 4.30. The summed E-state index contributed by atoms with van der Waals surface area (Å²) in [6.45, 7) is 4.70. The molecule has 2 rings (SSSR count). The van der Waals surface area contributed by atoms with E-state index in [0.717, 1.165) is 18.4 Å². The minimum Gasteiger partial charge on any atom is -0.484 e. The van der Waals surface area contributed by atoms with Crippen molar-refractivity contribution in [2.75, 3.05) is 13.2 Å². The molecule has 0 bridgehead atoms. The Hall–Kier alpha value is -2.82. The normalized spacial score (nSPS) is 11.5. The van der Waals surface area contributed by atoms with Gasteiger partial charge in [0.1, 0.15) is 11.8 Å². The van der Waals surface area contributed by atoms with Gasteiger partial charge in [0, 0.05) is 13.1 Å². The molecule has 2 aromatic rings. The van der Waals surface area contributed by atoms with Crippen molar-refractivity contribution in [3.63, 3.8) is 0 Å². The molecule has 0 radical (unpaired) electrons. The number of unbranched alkanes of at least 4 members (excludes halogenated alkanes) is 1. The van der Waals surface area contributed by atoms with E-state index in [2.05, 4.69) is 12.2 Å². The highest BCUT2D eigenvalue weighted by molar-refractivity contribution is 5.87. The van der Waals surface area contributed by atoms with Crippen molar-refractivity contribution in [3.8, 4) is 5.75 Å². The van der Waals surface area contributed by atoms with Gasteiger partial charge in [-0.25, -0.2) is 0 Å². The zero-order chi connectivity index (χ0) is 19.5. The van der Waals surface area contributed by atoms with Gasteiger partial charge in [-0.3, -0.25) is 9.59 Å². The average Bonchev–Trinajstić information content (AvgIpc) is 2.71. The standard InChI is InChI=1S/C22H28N2O3/c1-3-4-15-23-22(26)18(2)24(16-19-11-7-5-8-12-19)21(25)17-27-20-13-9-6-10-14-20/h5-14,18H,3-4,15-17H2,1-2H3,(H,23,26)/t18-/m1/s1. The van der Waals surface area contributed by atoms with Gasteiger partial charge in [0.2, 0.25) is 5.91 Å². The first-order chi connectivity index (χ1) is 13.1. The molecule has 0 aliphatic carbocycles. The molecule has 0 spiro atoms. The first-order valence-corrected chi connectivity index (χ1v) is 9.40. The second-order valence-electron chi connectivity index (χ2n) is 6.43. The van der Waals surface area contributed by atoms with Crippen LogP contribution in [0.25, 0.3) is 0 Å². The van der Waals surface area contributed by atoms with E-state index in [1.807, 2.05) is 48.5 Å². The number of nitrogens with zero attached hydrogens (tertiary/aromatic N) is 1. The number of amides is 2. The van der Waals surface area contributed by atoms with E-state index in [1.165, 1.54) is 0 Å². The molecular formula is C22H28N2O3. The first kappa shape index (κ1) is 20.5. The van der Waals surface area contributed by atoms with Crippen molar-refractivity contribution < 1.29 is 14.3 Å². The van der Waals surface area contributed by atoms with Gasteiger partial charge in [-0.05, 0) is 31.0 Å². The van der Waals surface area contributed by atoms with Crippen LogP contribution >= 0.6 is 0 Å². The molecule has 5 heteroatoms. The van der Waals surface area contributed by atoms with Gasteiger partial charge in [0.15, 0.2) is 6.61 Å². The van der Waals surface area contributed by atoms with E-state index >= 15 is 0 Å². The number of benzene rings is 2. The van der Waals surface area contributed by atoms with Crippen molar-refractivity contribution in [1.29, 1.82) is 0 Å². The van der Waals surface area contributed by atoms with E-state index < -0.39 is 6.04 Å². The van der Waals surface area contributed by atoms with Crippen LogP contribution in [0.2, 0.25) is 0 Å². The van der Waals surface area contributed by atoms with E-state index in [0.29, 0.717) is 18.8 Å². The predicted molar refractivity (Wildman–Crippen MR) is 106 cm³/mol. The third-order valence-electron chi connectivity index (χ3n) is 4.30. The van der Waals surface area contributed by atoms with Crippen molar-refractivity contribution in [1.82, 2.24) is 10.2 Å². The van der Waals surface area contributed by atoms with E-state index in [1.54, 1.807) is 24.0 Å². The summed E-state index contributed by atoms with van der Waals surface area (Å²) in [6.07, 6.45) is 1.93. The van der Waals surface area contributed by atoms with Crippen LogP contribution in [0.1, 0.15) is 32.3 Å². The fraction of sp³-hybridized carbons (Fsp3) is 0.364. The smallest absolute Gasteiger partial charge is 0.261 e. The number of carbonyl (C=O) groups is 2. The molecule has 0 aliphatic rings.